The van der Waals surface area contributed by atoms with Gasteiger partial charge in [-0.05, 0) is 27.4 Å². The van der Waals surface area contributed by atoms with Crippen molar-refractivity contribution in [1.29, 1.82) is 0 Å². The molecule has 0 fully saturated rings. The second-order valence-corrected chi connectivity index (χ2v) is 5.62. The maximum Gasteiger partial charge on any atom is 0.201 e. The first-order valence-corrected chi connectivity index (χ1v) is 5.57. The topological polar surface area (TPSA) is 46.2 Å². The van der Waals surface area contributed by atoms with Crippen LogP contribution in [0.4, 0.5) is 8.78 Å². The van der Waals surface area contributed by atoms with E-state index in [-0.39, 0.29) is 15.5 Å². The normalized spacial score (nSPS) is 13.9. The number of halogens is 3. The zero-order valence-electron chi connectivity index (χ0n) is 9.31. The molecule has 2 nitrogen and oxygen atoms in total. The molecule has 0 saturated heterocycles. The van der Waals surface area contributed by atoms with E-state index < -0.39 is 23.4 Å². The second kappa shape index (κ2) is 4.30. The molecule has 90 valence electrons. The molecule has 0 aliphatic carbocycles. The smallest absolute Gasteiger partial charge is 0.201 e. The van der Waals surface area contributed by atoms with E-state index in [1.807, 2.05) is 20.8 Å². The van der Waals surface area contributed by atoms with Crippen molar-refractivity contribution in [2.24, 2.45) is 11.1 Å². The number of phenolic OH excluding ortho intramolecular Hbond substituents is 1. The van der Waals surface area contributed by atoms with Gasteiger partial charge in [-0.25, -0.2) is 4.39 Å². The van der Waals surface area contributed by atoms with E-state index in [1.165, 1.54) is 6.07 Å². The van der Waals surface area contributed by atoms with Gasteiger partial charge in [0.05, 0.1) is 4.47 Å². The van der Waals surface area contributed by atoms with Crippen molar-refractivity contribution >= 4 is 15.9 Å². The summed E-state index contributed by atoms with van der Waals surface area (Å²) in [5.41, 5.74) is 5.72. The number of aromatic hydroxyl groups is 1. The molecular formula is C11H14BrF2NO. The van der Waals surface area contributed by atoms with Crippen molar-refractivity contribution < 1.29 is 13.9 Å². The number of phenols is 1. The van der Waals surface area contributed by atoms with E-state index >= 15 is 0 Å². The highest BCUT2D eigenvalue weighted by atomic mass is 79.9. The Morgan fingerprint density at radius 2 is 1.81 bits per heavy atom. The quantitative estimate of drug-likeness (QED) is 0.779. The lowest BCUT2D eigenvalue weighted by atomic mass is 9.82. The SMILES string of the molecule is CC(C)(C)[C@@H](N)c1cc(Br)c(F)c(F)c1O. The Kier molecular flexibility index (Phi) is 3.59. The Labute approximate surface area is 102 Å². The van der Waals surface area contributed by atoms with E-state index in [0.29, 0.717) is 0 Å². The fourth-order valence-electron chi connectivity index (χ4n) is 1.31. The highest BCUT2D eigenvalue weighted by Gasteiger charge is 2.28. The summed E-state index contributed by atoms with van der Waals surface area (Å²) in [6.45, 7) is 5.56. The molecule has 0 aromatic heterocycles. The van der Waals surface area contributed by atoms with Crippen molar-refractivity contribution in [3.8, 4) is 5.75 Å². The maximum atomic E-state index is 13.3. The molecule has 0 bridgehead atoms. The standard InChI is InChI=1S/C11H14BrF2NO/c1-11(2,3)10(15)5-4-6(12)7(13)8(14)9(5)16/h4,10,16H,15H2,1-3H3/t10-/m0/s1. The summed E-state index contributed by atoms with van der Waals surface area (Å²) in [6.07, 6.45) is 0. The molecule has 0 aliphatic rings. The maximum absolute atomic E-state index is 13.3. The lowest BCUT2D eigenvalue weighted by Crippen LogP contribution is -2.26. The van der Waals surface area contributed by atoms with Gasteiger partial charge in [-0.2, -0.15) is 4.39 Å². The Bertz CT molecular complexity index is 415. The second-order valence-electron chi connectivity index (χ2n) is 4.77. The Morgan fingerprint density at radius 1 is 1.31 bits per heavy atom. The summed E-state index contributed by atoms with van der Waals surface area (Å²) >= 11 is 2.88. The van der Waals surface area contributed by atoms with Gasteiger partial charge in [-0.3, -0.25) is 0 Å². The molecule has 0 unspecified atom stereocenters. The summed E-state index contributed by atoms with van der Waals surface area (Å²) in [5.74, 6) is -3.10. The Balaban J connectivity index is 3.36. The van der Waals surface area contributed by atoms with E-state index in [4.69, 9.17) is 5.73 Å². The first-order valence-electron chi connectivity index (χ1n) is 4.78. The zero-order chi connectivity index (χ0) is 12.7. The van der Waals surface area contributed by atoms with E-state index in [9.17, 15) is 13.9 Å². The van der Waals surface area contributed by atoms with Crippen LogP contribution in [0.25, 0.3) is 0 Å². The minimum Gasteiger partial charge on any atom is -0.505 e. The van der Waals surface area contributed by atoms with Crippen LogP contribution in [-0.2, 0) is 0 Å². The minimum atomic E-state index is -1.27. The Hall–Kier alpha value is -0.680. The van der Waals surface area contributed by atoms with Crippen LogP contribution in [0.5, 0.6) is 5.75 Å². The predicted molar refractivity (Wildman–Crippen MR) is 62.1 cm³/mol. The fourth-order valence-corrected chi connectivity index (χ4v) is 1.73. The fraction of sp³-hybridized carbons (Fsp3) is 0.455. The molecule has 1 aromatic carbocycles. The summed E-state index contributed by atoms with van der Waals surface area (Å²) in [7, 11) is 0. The van der Waals surface area contributed by atoms with Gasteiger partial charge in [0.25, 0.3) is 0 Å². The number of nitrogens with two attached hydrogens (primary N) is 1. The number of benzene rings is 1. The molecule has 0 radical (unpaired) electrons. The Morgan fingerprint density at radius 3 is 2.25 bits per heavy atom. The highest BCUT2D eigenvalue weighted by molar-refractivity contribution is 9.10. The van der Waals surface area contributed by atoms with Gasteiger partial charge in [-0.1, -0.05) is 20.8 Å². The zero-order valence-corrected chi connectivity index (χ0v) is 10.9. The molecule has 1 aromatic rings. The molecule has 1 rings (SSSR count). The highest BCUT2D eigenvalue weighted by Crippen LogP contribution is 2.39. The third kappa shape index (κ3) is 2.35. The van der Waals surface area contributed by atoms with Crippen molar-refractivity contribution in [2.45, 2.75) is 26.8 Å². The average molecular weight is 294 g/mol. The van der Waals surface area contributed by atoms with Crippen LogP contribution in [0.2, 0.25) is 0 Å². The van der Waals surface area contributed by atoms with Crippen molar-refractivity contribution in [2.75, 3.05) is 0 Å². The summed E-state index contributed by atoms with van der Waals surface area (Å²) < 4.78 is 26.4. The molecule has 0 heterocycles. The summed E-state index contributed by atoms with van der Waals surface area (Å²) in [5, 5.41) is 9.52. The van der Waals surface area contributed by atoms with Crippen LogP contribution in [0, 0.1) is 17.0 Å². The van der Waals surface area contributed by atoms with Gasteiger partial charge >= 0.3 is 0 Å². The van der Waals surface area contributed by atoms with Crippen LogP contribution in [0.1, 0.15) is 32.4 Å². The number of hydrogen-bond acceptors (Lipinski definition) is 2. The molecule has 0 spiro atoms. The van der Waals surface area contributed by atoms with Gasteiger partial charge in [0, 0.05) is 11.6 Å². The van der Waals surface area contributed by atoms with Crippen LogP contribution >= 0.6 is 15.9 Å². The molecule has 1 atom stereocenters. The van der Waals surface area contributed by atoms with Gasteiger partial charge in [-0.15, -0.1) is 0 Å². The van der Waals surface area contributed by atoms with Crippen LogP contribution < -0.4 is 5.73 Å². The number of rotatable bonds is 1. The average Bonchev–Trinajstić information content (AvgIpc) is 2.18. The summed E-state index contributed by atoms with van der Waals surface area (Å²) in [6, 6.07) is 0.725. The molecule has 0 saturated carbocycles. The van der Waals surface area contributed by atoms with Crippen molar-refractivity contribution in [1.82, 2.24) is 0 Å². The van der Waals surface area contributed by atoms with Crippen molar-refractivity contribution in [3.05, 3.63) is 27.7 Å². The first kappa shape index (κ1) is 13.4. The minimum absolute atomic E-state index is 0.0440. The molecule has 0 amide bonds. The largest absolute Gasteiger partial charge is 0.505 e. The van der Waals surface area contributed by atoms with Crippen LogP contribution in [0.3, 0.4) is 0 Å². The van der Waals surface area contributed by atoms with E-state index in [2.05, 4.69) is 15.9 Å². The van der Waals surface area contributed by atoms with Gasteiger partial charge in [0.1, 0.15) is 0 Å². The van der Waals surface area contributed by atoms with Gasteiger partial charge in [0.2, 0.25) is 5.82 Å². The first-order chi connectivity index (χ1) is 7.16. The van der Waals surface area contributed by atoms with E-state index in [0.717, 1.165) is 0 Å². The predicted octanol–water partition coefficient (Wildman–Crippen LogP) is 3.48. The van der Waals surface area contributed by atoms with Gasteiger partial charge in [0.15, 0.2) is 11.6 Å². The van der Waals surface area contributed by atoms with Crippen molar-refractivity contribution in [3.63, 3.8) is 0 Å². The number of hydrogen-bond donors (Lipinski definition) is 2. The van der Waals surface area contributed by atoms with E-state index in [1.54, 1.807) is 0 Å². The lowest BCUT2D eigenvalue weighted by molar-refractivity contribution is 0.310. The third-order valence-corrected chi connectivity index (χ3v) is 3.01. The third-order valence-electron chi connectivity index (χ3n) is 2.43. The molecule has 5 heteroatoms. The van der Waals surface area contributed by atoms with Gasteiger partial charge < -0.3 is 10.8 Å². The van der Waals surface area contributed by atoms with Crippen LogP contribution in [0.15, 0.2) is 10.5 Å². The molecule has 3 N–H and O–H groups in total. The molecule has 16 heavy (non-hydrogen) atoms. The molecule has 0 aliphatic heterocycles. The molecular weight excluding hydrogens is 280 g/mol. The lowest BCUT2D eigenvalue weighted by Gasteiger charge is -2.28. The summed E-state index contributed by atoms with van der Waals surface area (Å²) in [4.78, 5) is 0. The monoisotopic (exact) mass is 293 g/mol. The van der Waals surface area contributed by atoms with Crippen LogP contribution in [-0.4, -0.2) is 5.11 Å².